The Hall–Kier alpha value is -3.15. The first-order valence-electron chi connectivity index (χ1n) is 11.3. The zero-order valence-corrected chi connectivity index (χ0v) is 19.6. The van der Waals surface area contributed by atoms with Gasteiger partial charge in [-0.15, -0.1) is 0 Å². The van der Waals surface area contributed by atoms with E-state index in [4.69, 9.17) is 25.8 Å². The zero-order valence-electron chi connectivity index (χ0n) is 18.9. The molecule has 3 N–H and O–H groups in total. The molecule has 0 radical (unpaired) electrons. The molecule has 0 unspecified atom stereocenters. The highest BCUT2D eigenvalue weighted by atomic mass is 35.5. The summed E-state index contributed by atoms with van der Waals surface area (Å²) in [5.74, 6) is 2.35. The van der Waals surface area contributed by atoms with Gasteiger partial charge in [-0.05, 0) is 55.0 Å². The van der Waals surface area contributed by atoms with Gasteiger partial charge >= 0.3 is 0 Å². The molecule has 1 aliphatic rings. The highest BCUT2D eigenvalue weighted by Gasteiger charge is 2.29. The predicted molar refractivity (Wildman–Crippen MR) is 131 cm³/mol. The Balaban J connectivity index is 1.46. The largest absolute Gasteiger partial charge is 0.497 e. The number of nitrogens with one attached hydrogen (secondary N) is 1. The number of quaternary nitrogens is 1. The molecular weight excluding hydrogens is 436 g/mol. The Morgan fingerprint density at radius 1 is 1.03 bits per heavy atom. The van der Waals surface area contributed by atoms with Crippen molar-refractivity contribution in [1.29, 1.82) is 0 Å². The number of rotatable bonds is 7. The summed E-state index contributed by atoms with van der Waals surface area (Å²) in [6, 6.07) is 20.4. The Morgan fingerprint density at radius 3 is 2.73 bits per heavy atom. The lowest BCUT2D eigenvalue weighted by Gasteiger charge is -2.22. The molecule has 1 atom stereocenters. The summed E-state index contributed by atoms with van der Waals surface area (Å²) in [4.78, 5) is 3.66. The van der Waals surface area contributed by atoms with Crippen LogP contribution in [-0.2, 0) is 13.0 Å². The molecule has 0 fully saturated rings. The molecule has 0 aliphatic carbocycles. The van der Waals surface area contributed by atoms with Crippen LogP contribution in [0.4, 0.5) is 0 Å². The SMILES string of the molecule is CCOc1cc([C@H]2[NH2+]CCc3c2[nH]c2ccc(OC)cc32)ccc1OCc1ccccc1Cl. The molecule has 4 aromatic rings. The number of hydrogen-bond acceptors (Lipinski definition) is 3. The molecule has 0 saturated carbocycles. The van der Waals surface area contributed by atoms with Crippen LogP contribution in [0.15, 0.2) is 60.7 Å². The van der Waals surface area contributed by atoms with Gasteiger partial charge in [0.2, 0.25) is 0 Å². The van der Waals surface area contributed by atoms with Gasteiger partial charge in [-0.3, -0.25) is 0 Å². The van der Waals surface area contributed by atoms with Gasteiger partial charge in [0.05, 0.1) is 26.0 Å². The minimum atomic E-state index is 0.170. The maximum absolute atomic E-state index is 6.29. The number of fused-ring (bicyclic) bond motifs is 3. The van der Waals surface area contributed by atoms with E-state index in [0.29, 0.717) is 18.2 Å². The Morgan fingerprint density at radius 2 is 1.91 bits per heavy atom. The molecule has 6 heteroatoms. The molecule has 0 saturated heterocycles. The van der Waals surface area contributed by atoms with E-state index in [1.54, 1.807) is 7.11 Å². The quantitative estimate of drug-likeness (QED) is 0.404. The zero-order chi connectivity index (χ0) is 22.8. The summed E-state index contributed by atoms with van der Waals surface area (Å²) in [5, 5.41) is 4.32. The number of benzene rings is 3. The van der Waals surface area contributed by atoms with Crippen molar-refractivity contribution in [2.45, 2.75) is 26.0 Å². The van der Waals surface area contributed by atoms with Gasteiger partial charge in [-0.2, -0.15) is 0 Å². The third kappa shape index (κ3) is 4.26. The predicted octanol–water partition coefficient (Wildman–Crippen LogP) is 5.02. The molecular formula is C27H28ClN2O3+. The van der Waals surface area contributed by atoms with E-state index in [0.717, 1.165) is 41.3 Å². The minimum Gasteiger partial charge on any atom is -0.497 e. The van der Waals surface area contributed by atoms with E-state index in [1.807, 2.05) is 43.3 Å². The van der Waals surface area contributed by atoms with Crippen molar-refractivity contribution in [3.8, 4) is 17.2 Å². The first-order chi connectivity index (χ1) is 16.2. The third-order valence-corrected chi connectivity index (χ3v) is 6.59. The fraction of sp³-hybridized carbons (Fsp3) is 0.259. The lowest BCUT2D eigenvalue weighted by Crippen LogP contribution is -2.87. The van der Waals surface area contributed by atoms with Crippen LogP contribution in [-0.4, -0.2) is 25.2 Å². The monoisotopic (exact) mass is 463 g/mol. The molecule has 0 bridgehead atoms. The van der Waals surface area contributed by atoms with Gasteiger partial charge in [0.1, 0.15) is 12.4 Å². The molecule has 170 valence electrons. The van der Waals surface area contributed by atoms with Crippen molar-refractivity contribution in [3.63, 3.8) is 0 Å². The van der Waals surface area contributed by atoms with Gasteiger partial charge < -0.3 is 24.5 Å². The summed E-state index contributed by atoms with van der Waals surface area (Å²) >= 11 is 6.29. The fourth-order valence-electron chi connectivity index (χ4n) is 4.60. The maximum Gasteiger partial charge on any atom is 0.161 e. The smallest absolute Gasteiger partial charge is 0.161 e. The average molecular weight is 464 g/mol. The molecule has 3 aromatic carbocycles. The highest BCUT2D eigenvalue weighted by molar-refractivity contribution is 6.31. The van der Waals surface area contributed by atoms with Crippen molar-refractivity contribution in [1.82, 2.24) is 4.98 Å². The van der Waals surface area contributed by atoms with Gasteiger partial charge in [0, 0.05) is 33.5 Å². The standard InChI is InChI=1S/C27H27ClN2O3/c1-3-32-25-14-17(8-11-24(25)33-16-18-6-4-5-7-22(18)28)26-27-20(12-13-29-26)21-15-19(31-2)9-10-23(21)30-27/h4-11,14-15,26,29-30H,3,12-13,16H2,1-2H3/p+1/t26-/m1/s1. The van der Waals surface area contributed by atoms with Crippen LogP contribution < -0.4 is 19.5 Å². The fourth-order valence-corrected chi connectivity index (χ4v) is 4.79. The molecule has 5 nitrogen and oxygen atoms in total. The van der Waals surface area contributed by atoms with Crippen LogP contribution >= 0.6 is 11.6 Å². The summed E-state index contributed by atoms with van der Waals surface area (Å²) in [6.45, 7) is 3.97. The van der Waals surface area contributed by atoms with Crippen LogP contribution in [0.2, 0.25) is 5.02 Å². The number of H-pyrrole nitrogens is 1. The Labute approximate surface area is 198 Å². The summed E-state index contributed by atoms with van der Waals surface area (Å²) in [7, 11) is 1.71. The number of methoxy groups -OCH3 is 1. The van der Waals surface area contributed by atoms with Crippen LogP contribution in [0.1, 0.15) is 35.3 Å². The number of aromatic amines is 1. The first-order valence-corrected chi connectivity index (χ1v) is 11.7. The molecule has 2 heterocycles. The van der Waals surface area contributed by atoms with Gasteiger partial charge in [0.15, 0.2) is 17.5 Å². The number of ether oxygens (including phenoxy) is 3. The lowest BCUT2D eigenvalue weighted by molar-refractivity contribution is -0.690. The third-order valence-electron chi connectivity index (χ3n) is 6.22. The van der Waals surface area contributed by atoms with Crippen LogP contribution in [0, 0.1) is 0 Å². The highest BCUT2D eigenvalue weighted by Crippen LogP contribution is 2.36. The first kappa shape index (κ1) is 21.7. The molecule has 1 aliphatic heterocycles. The molecule has 5 rings (SSSR count). The van der Waals surface area contributed by atoms with Crippen LogP contribution in [0.5, 0.6) is 17.2 Å². The van der Waals surface area contributed by atoms with Gasteiger partial charge in [-0.1, -0.05) is 29.8 Å². The normalized spacial score (nSPS) is 15.3. The minimum absolute atomic E-state index is 0.170. The van der Waals surface area contributed by atoms with Crippen molar-refractivity contribution in [2.24, 2.45) is 0 Å². The van der Waals surface area contributed by atoms with Crippen molar-refractivity contribution < 1.29 is 19.5 Å². The van der Waals surface area contributed by atoms with Crippen molar-refractivity contribution in [2.75, 3.05) is 20.3 Å². The van der Waals surface area contributed by atoms with E-state index in [-0.39, 0.29) is 6.04 Å². The Kier molecular flexibility index (Phi) is 6.16. The number of hydrogen-bond donors (Lipinski definition) is 2. The van der Waals surface area contributed by atoms with E-state index >= 15 is 0 Å². The maximum atomic E-state index is 6.29. The van der Waals surface area contributed by atoms with Crippen LogP contribution in [0.25, 0.3) is 10.9 Å². The topological polar surface area (TPSA) is 60.1 Å². The molecule has 0 spiro atoms. The second kappa shape index (κ2) is 9.38. The van der Waals surface area contributed by atoms with E-state index in [2.05, 4.69) is 34.6 Å². The van der Waals surface area contributed by atoms with Crippen LogP contribution in [0.3, 0.4) is 0 Å². The molecule has 1 aromatic heterocycles. The molecule has 0 amide bonds. The Bertz CT molecular complexity index is 1280. The van der Waals surface area contributed by atoms with E-state index < -0.39 is 0 Å². The average Bonchev–Trinajstić information content (AvgIpc) is 3.22. The van der Waals surface area contributed by atoms with Gasteiger partial charge in [0.25, 0.3) is 0 Å². The van der Waals surface area contributed by atoms with Gasteiger partial charge in [-0.25, -0.2) is 0 Å². The number of halogens is 1. The van der Waals surface area contributed by atoms with E-state index in [1.165, 1.54) is 22.2 Å². The summed E-state index contributed by atoms with van der Waals surface area (Å²) < 4.78 is 17.5. The van der Waals surface area contributed by atoms with Crippen molar-refractivity contribution in [3.05, 3.63) is 88.1 Å². The lowest BCUT2D eigenvalue weighted by atomic mass is 9.94. The summed E-state index contributed by atoms with van der Waals surface area (Å²) in [5.41, 5.74) is 5.89. The number of aromatic nitrogens is 1. The number of nitrogens with two attached hydrogens (primary N) is 1. The van der Waals surface area contributed by atoms with Crippen molar-refractivity contribution >= 4 is 22.5 Å². The second-order valence-electron chi connectivity index (χ2n) is 8.20. The van der Waals surface area contributed by atoms with E-state index in [9.17, 15) is 0 Å². The summed E-state index contributed by atoms with van der Waals surface area (Å²) in [6.07, 6.45) is 1.02. The second-order valence-corrected chi connectivity index (χ2v) is 8.61. The molecule has 33 heavy (non-hydrogen) atoms.